The first-order valence-electron chi connectivity index (χ1n) is 3.17. The quantitative estimate of drug-likeness (QED) is 0.616. The fourth-order valence-electron chi connectivity index (χ4n) is 0.407. The largest absolute Gasteiger partial charge is 0.411 e. The highest BCUT2D eigenvalue weighted by molar-refractivity contribution is 4.57. The monoisotopic (exact) mass is 189 g/mol. The third kappa shape index (κ3) is 7.74. The molecule has 0 saturated heterocycles. The predicted octanol–water partition coefficient (Wildman–Crippen LogP) is 2.06. The molecule has 0 aliphatic heterocycles. The number of hydrogen-bond acceptors (Lipinski definition) is 2. The van der Waals surface area contributed by atoms with Gasteiger partial charge < -0.3 is 9.47 Å². The van der Waals surface area contributed by atoms with Gasteiger partial charge in [-0.3, -0.25) is 0 Å². The Balaban J connectivity index is 3.37. The molecular formula is C6H9F4O2. The van der Waals surface area contributed by atoms with Gasteiger partial charge in [-0.05, 0) is 6.92 Å². The maximum Gasteiger partial charge on any atom is 0.411 e. The van der Waals surface area contributed by atoms with Gasteiger partial charge in [0.15, 0.2) is 0 Å². The molecule has 1 radical (unpaired) electrons. The molecule has 0 unspecified atom stereocenters. The van der Waals surface area contributed by atoms with Crippen LogP contribution in [-0.2, 0) is 9.47 Å². The second-order valence-electron chi connectivity index (χ2n) is 1.93. The second kappa shape index (κ2) is 5.31. The average Bonchev–Trinajstić information content (AvgIpc) is 1.95. The Kier molecular flexibility index (Phi) is 5.16. The van der Waals surface area contributed by atoms with Gasteiger partial charge in [-0.15, -0.1) is 0 Å². The topological polar surface area (TPSA) is 18.5 Å². The zero-order valence-corrected chi connectivity index (χ0v) is 6.45. The van der Waals surface area contributed by atoms with Crippen LogP contribution in [-0.4, -0.2) is 26.1 Å². The number of ether oxygens (including phenoxy) is 2. The lowest BCUT2D eigenvalue weighted by atomic mass is 10.6. The summed E-state index contributed by atoms with van der Waals surface area (Å²) in [5, 5.41) is 0. The summed E-state index contributed by atoms with van der Waals surface area (Å²) >= 11 is 0. The van der Waals surface area contributed by atoms with Crippen LogP contribution in [0.1, 0.15) is 6.92 Å². The van der Waals surface area contributed by atoms with E-state index in [1.165, 1.54) is 6.92 Å². The highest BCUT2D eigenvalue weighted by Crippen LogP contribution is 2.17. The SMILES string of the molecule is C[C](OCCF)OCC(F)(F)F. The van der Waals surface area contributed by atoms with E-state index < -0.39 is 19.5 Å². The molecule has 0 aromatic rings. The number of hydrogen-bond donors (Lipinski definition) is 0. The van der Waals surface area contributed by atoms with E-state index in [2.05, 4.69) is 9.47 Å². The first kappa shape index (κ1) is 11.6. The molecule has 12 heavy (non-hydrogen) atoms. The molecule has 0 N–H and O–H groups in total. The zero-order valence-electron chi connectivity index (χ0n) is 6.45. The Morgan fingerprint density at radius 3 is 2.25 bits per heavy atom. The van der Waals surface area contributed by atoms with Crippen molar-refractivity contribution in [2.45, 2.75) is 13.1 Å². The van der Waals surface area contributed by atoms with Gasteiger partial charge in [0.05, 0.1) is 6.61 Å². The minimum Gasteiger partial charge on any atom is -0.343 e. The number of halogens is 4. The maximum absolute atomic E-state index is 11.5. The van der Waals surface area contributed by atoms with Crippen molar-refractivity contribution in [1.82, 2.24) is 0 Å². The van der Waals surface area contributed by atoms with E-state index in [9.17, 15) is 17.6 Å². The van der Waals surface area contributed by atoms with Gasteiger partial charge in [-0.25, -0.2) is 4.39 Å². The van der Waals surface area contributed by atoms with E-state index in [0.717, 1.165) is 0 Å². The highest BCUT2D eigenvalue weighted by atomic mass is 19.4. The summed E-state index contributed by atoms with van der Waals surface area (Å²) in [5.74, 6) is 0. The van der Waals surface area contributed by atoms with E-state index in [1.54, 1.807) is 0 Å². The van der Waals surface area contributed by atoms with Crippen LogP contribution in [0.5, 0.6) is 0 Å². The molecule has 0 bridgehead atoms. The van der Waals surface area contributed by atoms with Crippen LogP contribution in [0.25, 0.3) is 0 Å². The molecule has 0 aromatic heterocycles. The fraction of sp³-hybridized carbons (Fsp3) is 0.833. The van der Waals surface area contributed by atoms with Crippen molar-refractivity contribution in [2.75, 3.05) is 19.9 Å². The molecular weight excluding hydrogens is 180 g/mol. The van der Waals surface area contributed by atoms with Crippen LogP contribution < -0.4 is 0 Å². The van der Waals surface area contributed by atoms with E-state index in [4.69, 9.17) is 0 Å². The minimum atomic E-state index is -4.39. The van der Waals surface area contributed by atoms with Crippen molar-refractivity contribution in [3.05, 3.63) is 6.29 Å². The van der Waals surface area contributed by atoms with Crippen LogP contribution >= 0.6 is 0 Å². The molecule has 0 aliphatic carbocycles. The average molecular weight is 189 g/mol. The Morgan fingerprint density at radius 1 is 1.25 bits per heavy atom. The zero-order chi connectivity index (χ0) is 9.61. The Labute approximate surface area is 67.5 Å². The van der Waals surface area contributed by atoms with Crippen molar-refractivity contribution in [3.63, 3.8) is 0 Å². The van der Waals surface area contributed by atoms with E-state index >= 15 is 0 Å². The van der Waals surface area contributed by atoms with E-state index in [-0.39, 0.29) is 12.9 Å². The van der Waals surface area contributed by atoms with Gasteiger partial charge in [0.1, 0.15) is 13.3 Å². The van der Waals surface area contributed by atoms with Crippen molar-refractivity contribution >= 4 is 0 Å². The summed E-state index contributed by atoms with van der Waals surface area (Å²) in [4.78, 5) is 0. The van der Waals surface area contributed by atoms with Crippen molar-refractivity contribution in [2.24, 2.45) is 0 Å². The molecule has 0 spiro atoms. The molecule has 73 valence electrons. The molecule has 0 atom stereocenters. The summed E-state index contributed by atoms with van der Waals surface area (Å²) in [5.41, 5.74) is 0. The number of alkyl halides is 4. The highest BCUT2D eigenvalue weighted by Gasteiger charge is 2.28. The molecule has 0 aliphatic rings. The smallest absolute Gasteiger partial charge is 0.343 e. The Hall–Kier alpha value is -0.360. The van der Waals surface area contributed by atoms with Gasteiger partial charge in [-0.2, -0.15) is 13.2 Å². The minimum absolute atomic E-state index is 0.273. The predicted molar refractivity (Wildman–Crippen MR) is 32.9 cm³/mol. The van der Waals surface area contributed by atoms with E-state index in [1.807, 2.05) is 0 Å². The van der Waals surface area contributed by atoms with Crippen molar-refractivity contribution < 1.29 is 27.0 Å². The van der Waals surface area contributed by atoms with Crippen LogP contribution in [0.4, 0.5) is 17.6 Å². The van der Waals surface area contributed by atoms with E-state index in [0.29, 0.717) is 0 Å². The van der Waals surface area contributed by atoms with Crippen LogP contribution in [0.15, 0.2) is 0 Å². The molecule has 0 fully saturated rings. The van der Waals surface area contributed by atoms with Gasteiger partial charge in [0.25, 0.3) is 0 Å². The summed E-state index contributed by atoms with van der Waals surface area (Å²) in [6, 6.07) is 0. The Bertz CT molecular complexity index is 115. The van der Waals surface area contributed by atoms with Crippen LogP contribution in [0.3, 0.4) is 0 Å². The molecule has 6 heteroatoms. The normalized spacial score (nSPS) is 12.5. The van der Waals surface area contributed by atoms with Gasteiger partial charge in [-0.1, -0.05) is 0 Å². The molecule has 0 heterocycles. The first-order chi connectivity index (χ1) is 5.45. The molecule has 0 amide bonds. The van der Waals surface area contributed by atoms with Crippen LogP contribution in [0, 0.1) is 6.29 Å². The summed E-state index contributed by atoms with van der Waals surface area (Å²) in [6.45, 7) is -1.26. The lowest BCUT2D eigenvalue weighted by Gasteiger charge is -2.12. The second-order valence-corrected chi connectivity index (χ2v) is 1.93. The third-order valence-electron chi connectivity index (χ3n) is 0.822. The lowest BCUT2D eigenvalue weighted by Crippen LogP contribution is -2.19. The van der Waals surface area contributed by atoms with Gasteiger partial charge in [0.2, 0.25) is 6.29 Å². The number of rotatable bonds is 5. The van der Waals surface area contributed by atoms with Crippen LogP contribution in [0.2, 0.25) is 0 Å². The van der Waals surface area contributed by atoms with Gasteiger partial charge >= 0.3 is 6.18 Å². The summed E-state index contributed by atoms with van der Waals surface area (Å²) in [6.07, 6.45) is -4.66. The van der Waals surface area contributed by atoms with Gasteiger partial charge in [0, 0.05) is 0 Å². The van der Waals surface area contributed by atoms with Crippen molar-refractivity contribution in [1.29, 1.82) is 0 Å². The fourth-order valence-corrected chi connectivity index (χ4v) is 0.407. The van der Waals surface area contributed by atoms with Crippen molar-refractivity contribution in [3.8, 4) is 0 Å². The molecule has 2 nitrogen and oxygen atoms in total. The standard InChI is InChI=1S/C6H9F4O2/c1-5(11-3-2-7)12-4-6(8,9)10/h2-4H2,1H3. The molecule has 0 aromatic carbocycles. The lowest BCUT2D eigenvalue weighted by molar-refractivity contribution is -0.191. The third-order valence-corrected chi connectivity index (χ3v) is 0.822. The molecule has 0 rings (SSSR count). The maximum atomic E-state index is 11.5. The molecule has 0 saturated carbocycles. The Morgan fingerprint density at radius 2 is 1.83 bits per heavy atom. The summed E-state index contributed by atoms with van der Waals surface area (Å²) < 4.78 is 54.3. The first-order valence-corrected chi connectivity index (χ1v) is 3.17. The summed E-state index contributed by atoms with van der Waals surface area (Å²) in [7, 11) is 0.